The van der Waals surface area contributed by atoms with Crippen LogP contribution in [-0.4, -0.2) is 48.8 Å². The van der Waals surface area contributed by atoms with Crippen LogP contribution in [0.2, 0.25) is 0 Å². The van der Waals surface area contributed by atoms with Crippen LogP contribution in [0.4, 0.5) is 8.78 Å². The number of benzene rings is 2. The van der Waals surface area contributed by atoms with Crippen molar-refractivity contribution < 1.29 is 23.0 Å². The van der Waals surface area contributed by atoms with Crippen LogP contribution in [-0.2, 0) is 16.1 Å². The van der Waals surface area contributed by atoms with Gasteiger partial charge in [0.2, 0.25) is 5.91 Å². The van der Waals surface area contributed by atoms with Crippen LogP contribution in [0.1, 0.15) is 24.8 Å². The minimum Gasteiger partial charge on any atom is -0.489 e. The number of rotatable bonds is 6. The Morgan fingerprint density at radius 3 is 2.50 bits per heavy atom. The molecule has 1 N–H and O–H groups in total. The predicted octanol–water partition coefficient (Wildman–Crippen LogP) is 3.28. The summed E-state index contributed by atoms with van der Waals surface area (Å²) in [5.74, 6) is -0.670. The quantitative estimate of drug-likeness (QED) is 0.785. The Labute approximate surface area is 175 Å². The average molecular weight is 416 g/mol. The first-order valence-corrected chi connectivity index (χ1v) is 10.4. The second-order valence-corrected chi connectivity index (χ2v) is 7.84. The maximum absolute atomic E-state index is 13.4. The first kappa shape index (κ1) is 20.8. The number of ether oxygens (including phenoxy) is 2. The summed E-state index contributed by atoms with van der Waals surface area (Å²) in [6.07, 6.45) is 2.21. The predicted molar refractivity (Wildman–Crippen MR) is 108 cm³/mol. The zero-order valence-corrected chi connectivity index (χ0v) is 16.7. The average Bonchev–Trinajstić information content (AvgIpc) is 3.16. The third kappa shape index (κ3) is 5.15. The van der Waals surface area contributed by atoms with Crippen molar-refractivity contribution in [3.63, 3.8) is 0 Å². The number of carbonyl (C=O) groups is 1. The number of hydrogen-bond acceptors (Lipinski definition) is 4. The molecule has 5 nitrogen and oxygen atoms in total. The highest BCUT2D eigenvalue weighted by Gasteiger charge is 2.41. The van der Waals surface area contributed by atoms with E-state index in [0.717, 1.165) is 24.7 Å². The summed E-state index contributed by atoms with van der Waals surface area (Å²) in [5.41, 5.74) is 0.397. The molecule has 160 valence electrons. The van der Waals surface area contributed by atoms with Gasteiger partial charge < -0.3 is 14.8 Å². The fourth-order valence-corrected chi connectivity index (χ4v) is 4.30. The first-order valence-electron chi connectivity index (χ1n) is 10.4. The number of hydrogen-bond donors (Lipinski definition) is 1. The standard InChI is InChI=1S/C23H26F2N2O3/c24-17-10-16(11-18(25)12-17)14-26-23(28)22-13-21(30-20-4-2-1-3-5-20)15-27(22)19-6-8-29-9-7-19/h1-5,10-12,19,21-22H,6-9,13-15H2,(H,26,28)/t21-,22-/m0/s1. The van der Waals surface area contributed by atoms with E-state index in [4.69, 9.17) is 9.47 Å². The molecule has 2 aliphatic rings. The normalized spacial score (nSPS) is 22.7. The van der Waals surface area contributed by atoms with Gasteiger partial charge in [-0.05, 0) is 42.7 Å². The van der Waals surface area contributed by atoms with Gasteiger partial charge in [-0.3, -0.25) is 9.69 Å². The zero-order chi connectivity index (χ0) is 20.9. The molecule has 0 bridgehead atoms. The van der Waals surface area contributed by atoms with Crippen molar-refractivity contribution in [1.82, 2.24) is 10.2 Å². The molecule has 2 aliphatic heterocycles. The molecule has 1 amide bonds. The molecule has 2 aromatic carbocycles. The van der Waals surface area contributed by atoms with Crippen LogP contribution >= 0.6 is 0 Å². The molecule has 4 rings (SSSR count). The van der Waals surface area contributed by atoms with Crippen LogP contribution < -0.4 is 10.1 Å². The van der Waals surface area contributed by atoms with Gasteiger partial charge >= 0.3 is 0 Å². The third-order valence-corrected chi connectivity index (χ3v) is 5.70. The van der Waals surface area contributed by atoms with Gasteiger partial charge in [0.1, 0.15) is 23.5 Å². The number of nitrogens with zero attached hydrogens (tertiary/aromatic N) is 1. The summed E-state index contributed by atoms with van der Waals surface area (Å²) >= 11 is 0. The number of amides is 1. The van der Waals surface area contributed by atoms with Gasteiger partial charge in [-0.15, -0.1) is 0 Å². The van der Waals surface area contributed by atoms with Gasteiger partial charge in [0.25, 0.3) is 0 Å². The third-order valence-electron chi connectivity index (χ3n) is 5.70. The molecule has 0 radical (unpaired) electrons. The number of carbonyl (C=O) groups excluding carboxylic acids is 1. The number of halogens is 2. The fourth-order valence-electron chi connectivity index (χ4n) is 4.30. The molecule has 0 aromatic heterocycles. The number of para-hydroxylation sites is 1. The molecule has 0 unspecified atom stereocenters. The molecule has 2 saturated heterocycles. The highest BCUT2D eigenvalue weighted by atomic mass is 19.1. The lowest BCUT2D eigenvalue weighted by molar-refractivity contribution is -0.127. The van der Waals surface area contributed by atoms with Crippen LogP contribution in [0.25, 0.3) is 0 Å². The smallest absolute Gasteiger partial charge is 0.237 e. The van der Waals surface area contributed by atoms with E-state index in [1.807, 2.05) is 30.3 Å². The van der Waals surface area contributed by atoms with E-state index in [9.17, 15) is 13.6 Å². The maximum atomic E-state index is 13.4. The van der Waals surface area contributed by atoms with E-state index in [0.29, 0.717) is 31.7 Å². The summed E-state index contributed by atoms with van der Waals surface area (Å²) in [6.45, 7) is 2.10. The minimum atomic E-state index is -0.653. The minimum absolute atomic E-state index is 0.0792. The first-order chi connectivity index (χ1) is 14.6. The zero-order valence-electron chi connectivity index (χ0n) is 16.7. The van der Waals surface area contributed by atoms with Gasteiger partial charge in [-0.1, -0.05) is 18.2 Å². The molecule has 0 saturated carbocycles. The Morgan fingerprint density at radius 1 is 1.10 bits per heavy atom. The summed E-state index contributed by atoms with van der Waals surface area (Å²) in [5, 5.41) is 2.85. The second-order valence-electron chi connectivity index (χ2n) is 7.84. The van der Waals surface area contributed by atoms with E-state index in [1.54, 1.807) is 0 Å². The van der Waals surface area contributed by atoms with E-state index < -0.39 is 11.6 Å². The summed E-state index contributed by atoms with van der Waals surface area (Å²) in [4.78, 5) is 15.2. The van der Waals surface area contributed by atoms with Crippen molar-refractivity contribution in [3.8, 4) is 5.75 Å². The summed E-state index contributed by atoms with van der Waals surface area (Å²) in [6, 6.07) is 12.8. The van der Waals surface area contributed by atoms with Gasteiger partial charge in [0.15, 0.2) is 0 Å². The Kier molecular flexibility index (Phi) is 6.59. The Hall–Kier alpha value is -2.51. The van der Waals surface area contributed by atoms with Crippen LogP contribution in [0.3, 0.4) is 0 Å². The topological polar surface area (TPSA) is 50.8 Å². The summed E-state index contributed by atoms with van der Waals surface area (Å²) in [7, 11) is 0. The Morgan fingerprint density at radius 2 is 1.80 bits per heavy atom. The lowest BCUT2D eigenvalue weighted by atomic mass is 10.1. The van der Waals surface area contributed by atoms with E-state index in [2.05, 4.69) is 10.2 Å². The lowest BCUT2D eigenvalue weighted by Gasteiger charge is -2.34. The largest absolute Gasteiger partial charge is 0.489 e. The van der Waals surface area contributed by atoms with Crippen molar-refractivity contribution in [3.05, 3.63) is 65.7 Å². The molecule has 7 heteroatoms. The molecule has 2 atom stereocenters. The van der Waals surface area contributed by atoms with Crippen molar-refractivity contribution in [2.24, 2.45) is 0 Å². The molecule has 30 heavy (non-hydrogen) atoms. The molecule has 2 heterocycles. The Bertz CT molecular complexity index is 839. The van der Waals surface area contributed by atoms with Crippen molar-refractivity contribution in [1.29, 1.82) is 0 Å². The fraction of sp³-hybridized carbons (Fsp3) is 0.435. The highest BCUT2D eigenvalue weighted by molar-refractivity contribution is 5.82. The summed E-state index contributed by atoms with van der Waals surface area (Å²) < 4.78 is 38.4. The molecule has 2 fully saturated rings. The van der Waals surface area contributed by atoms with Crippen LogP contribution in [0.5, 0.6) is 5.75 Å². The maximum Gasteiger partial charge on any atom is 0.237 e. The van der Waals surface area contributed by atoms with Gasteiger partial charge in [-0.2, -0.15) is 0 Å². The van der Waals surface area contributed by atoms with Crippen LogP contribution in [0, 0.1) is 11.6 Å². The molecular weight excluding hydrogens is 390 g/mol. The molecule has 0 aliphatic carbocycles. The van der Waals surface area contributed by atoms with E-state index >= 15 is 0 Å². The molecular formula is C23H26F2N2O3. The van der Waals surface area contributed by atoms with Crippen molar-refractivity contribution >= 4 is 5.91 Å². The monoisotopic (exact) mass is 416 g/mol. The molecule has 2 aromatic rings. The van der Waals surface area contributed by atoms with E-state index in [1.165, 1.54) is 12.1 Å². The molecule has 0 spiro atoms. The van der Waals surface area contributed by atoms with E-state index in [-0.39, 0.29) is 30.6 Å². The van der Waals surface area contributed by atoms with Gasteiger partial charge in [0.05, 0.1) is 6.04 Å². The Balaban J connectivity index is 1.43. The van der Waals surface area contributed by atoms with Gasteiger partial charge in [0, 0.05) is 44.8 Å². The number of nitrogens with one attached hydrogen (secondary N) is 1. The lowest BCUT2D eigenvalue weighted by Crippen LogP contribution is -2.49. The highest BCUT2D eigenvalue weighted by Crippen LogP contribution is 2.28. The SMILES string of the molecule is O=C(NCc1cc(F)cc(F)c1)[C@@H]1C[C@H](Oc2ccccc2)CN1C1CCOCC1. The number of likely N-dealkylation sites (tertiary alicyclic amines) is 1. The van der Waals surface area contributed by atoms with Crippen molar-refractivity contribution in [2.75, 3.05) is 19.8 Å². The van der Waals surface area contributed by atoms with Crippen LogP contribution in [0.15, 0.2) is 48.5 Å². The second kappa shape index (κ2) is 9.53. The van der Waals surface area contributed by atoms with Crippen molar-refractivity contribution in [2.45, 2.75) is 44.0 Å². The van der Waals surface area contributed by atoms with Gasteiger partial charge in [-0.25, -0.2) is 8.78 Å².